The molecule has 2 heterocycles. The molecule has 2 aliphatic heterocycles. The molecule has 1 aromatic carbocycles. The first-order valence-corrected chi connectivity index (χ1v) is 11.0. The third-order valence-corrected chi connectivity index (χ3v) is 6.24. The van der Waals surface area contributed by atoms with Crippen molar-refractivity contribution in [3.63, 3.8) is 0 Å². The molecule has 1 N–H and O–H groups in total. The molecule has 3 rings (SSSR count). The minimum atomic E-state index is -0.430. The molecule has 1 aromatic rings. The highest BCUT2D eigenvalue weighted by molar-refractivity contribution is 6.00. The molecule has 30 heavy (non-hydrogen) atoms. The van der Waals surface area contributed by atoms with Crippen molar-refractivity contribution in [2.24, 2.45) is 5.92 Å². The Kier molecular flexibility index (Phi) is 7.48. The van der Waals surface area contributed by atoms with Crippen molar-refractivity contribution in [3.05, 3.63) is 45.5 Å². The van der Waals surface area contributed by atoms with Gasteiger partial charge in [0, 0.05) is 50.9 Å². The van der Waals surface area contributed by atoms with Crippen molar-refractivity contribution >= 4 is 17.3 Å². The Labute approximate surface area is 179 Å². The summed E-state index contributed by atoms with van der Waals surface area (Å²) in [5.41, 5.74) is 2.51. The van der Waals surface area contributed by atoms with Crippen LogP contribution in [0, 0.1) is 16.0 Å². The van der Waals surface area contributed by atoms with Gasteiger partial charge < -0.3 is 10.2 Å². The van der Waals surface area contributed by atoms with Crippen molar-refractivity contribution in [2.45, 2.75) is 52.5 Å². The molecule has 164 valence electrons. The first-order valence-electron chi connectivity index (χ1n) is 11.0. The molecular weight excluding hydrogens is 380 g/mol. The molecule has 0 saturated carbocycles. The largest absolute Gasteiger partial charge is 0.371 e. The van der Waals surface area contributed by atoms with Crippen LogP contribution in [0.25, 0.3) is 0 Å². The maximum atomic E-state index is 13.1. The van der Waals surface area contributed by atoms with E-state index >= 15 is 0 Å². The van der Waals surface area contributed by atoms with Crippen LogP contribution in [0.3, 0.4) is 0 Å². The second-order valence-corrected chi connectivity index (χ2v) is 8.96. The summed E-state index contributed by atoms with van der Waals surface area (Å²) in [4.78, 5) is 28.6. The number of likely N-dealkylation sites (tertiary alicyclic amines) is 1. The van der Waals surface area contributed by atoms with Gasteiger partial charge in [-0.2, -0.15) is 0 Å². The van der Waals surface area contributed by atoms with E-state index in [1.807, 2.05) is 0 Å². The van der Waals surface area contributed by atoms with Crippen LogP contribution in [0.4, 0.5) is 11.4 Å². The zero-order valence-electron chi connectivity index (χ0n) is 18.4. The van der Waals surface area contributed by atoms with E-state index in [-0.39, 0.29) is 17.6 Å². The SMILES string of the molecule is CC(C)=CCN1CCC(NC(=O)c2cc([N+](=O)[O-])ccc2N2CCC(C)CC2)CC1. The van der Waals surface area contributed by atoms with E-state index in [2.05, 4.69) is 42.0 Å². The Balaban J connectivity index is 1.69. The summed E-state index contributed by atoms with van der Waals surface area (Å²) >= 11 is 0. The highest BCUT2D eigenvalue weighted by Gasteiger charge is 2.26. The molecule has 0 radical (unpaired) electrons. The Morgan fingerprint density at radius 1 is 1.17 bits per heavy atom. The van der Waals surface area contributed by atoms with Crippen LogP contribution in [-0.2, 0) is 0 Å². The zero-order chi connectivity index (χ0) is 21.7. The van der Waals surface area contributed by atoms with Gasteiger partial charge in [-0.1, -0.05) is 18.6 Å². The molecule has 0 bridgehead atoms. The fourth-order valence-electron chi connectivity index (χ4n) is 4.18. The van der Waals surface area contributed by atoms with Crippen LogP contribution in [0.1, 0.15) is 56.8 Å². The summed E-state index contributed by atoms with van der Waals surface area (Å²) in [5, 5.41) is 14.4. The average molecular weight is 415 g/mol. The van der Waals surface area contributed by atoms with Crippen molar-refractivity contribution in [1.29, 1.82) is 0 Å². The molecule has 2 fully saturated rings. The second kappa shape index (κ2) is 10.1. The Morgan fingerprint density at radius 2 is 1.83 bits per heavy atom. The van der Waals surface area contributed by atoms with E-state index in [1.54, 1.807) is 6.07 Å². The van der Waals surface area contributed by atoms with Gasteiger partial charge in [-0.25, -0.2) is 0 Å². The maximum absolute atomic E-state index is 13.1. The molecule has 0 spiro atoms. The number of hydrogen-bond acceptors (Lipinski definition) is 5. The number of nitrogens with one attached hydrogen (secondary N) is 1. The number of nitro groups is 1. The van der Waals surface area contributed by atoms with Gasteiger partial charge in [0.15, 0.2) is 0 Å². The van der Waals surface area contributed by atoms with Gasteiger partial charge in [-0.3, -0.25) is 19.8 Å². The summed E-state index contributed by atoms with van der Waals surface area (Å²) < 4.78 is 0. The molecule has 2 aliphatic rings. The number of rotatable bonds is 6. The van der Waals surface area contributed by atoms with Crippen LogP contribution in [0.15, 0.2) is 29.8 Å². The topological polar surface area (TPSA) is 78.7 Å². The van der Waals surface area contributed by atoms with E-state index in [9.17, 15) is 14.9 Å². The summed E-state index contributed by atoms with van der Waals surface area (Å²) in [7, 11) is 0. The summed E-state index contributed by atoms with van der Waals surface area (Å²) in [6, 6.07) is 4.79. The predicted octanol–water partition coefficient (Wildman–Crippen LogP) is 3.99. The lowest BCUT2D eigenvalue weighted by molar-refractivity contribution is -0.384. The number of anilines is 1. The van der Waals surface area contributed by atoms with E-state index in [4.69, 9.17) is 0 Å². The molecule has 1 amide bonds. The Morgan fingerprint density at radius 3 is 2.43 bits per heavy atom. The smallest absolute Gasteiger partial charge is 0.270 e. The summed E-state index contributed by atoms with van der Waals surface area (Å²) in [6.07, 6.45) is 6.17. The van der Waals surface area contributed by atoms with Crippen LogP contribution >= 0.6 is 0 Å². The normalized spacial score (nSPS) is 18.8. The number of nitrogens with zero attached hydrogens (tertiary/aromatic N) is 3. The van der Waals surface area contributed by atoms with Crippen LogP contribution in [0.5, 0.6) is 0 Å². The van der Waals surface area contributed by atoms with E-state index in [1.165, 1.54) is 17.7 Å². The number of amides is 1. The minimum Gasteiger partial charge on any atom is -0.371 e. The highest BCUT2D eigenvalue weighted by Crippen LogP contribution is 2.29. The standard InChI is InChI=1S/C23H34N4O3/c1-17(2)6-11-25-12-9-19(10-13-25)24-23(28)21-16-20(27(29)30)4-5-22(21)26-14-7-18(3)8-15-26/h4-6,16,18-19H,7-15H2,1-3H3,(H,24,28). The van der Waals surface area contributed by atoms with E-state index < -0.39 is 4.92 Å². The fourth-order valence-corrected chi connectivity index (χ4v) is 4.18. The first kappa shape index (κ1) is 22.3. The van der Waals surface area contributed by atoms with Gasteiger partial charge in [0.1, 0.15) is 0 Å². The lowest BCUT2D eigenvalue weighted by Crippen LogP contribution is -2.45. The van der Waals surface area contributed by atoms with E-state index in [0.29, 0.717) is 11.5 Å². The van der Waals surface area contributed by atoms with Crippen LogP contribution in [-0.4, -0.2) is 54.5 Å². The van der Waals surface area contributed by atoms with Crippen LogP contribution in [0.2, 0.25) is 0 Å². The monoisotopic (exact) mass is 414 g/mol. The van der Waals surface area contributed by atoms with Gasteiger partial charge in [0.25, 0.3) is 11.6 Å². The maximum Gasteiger partial charge on any atom is 0.270 e. The number of hydrogen-bond donors (Lipinski definition) is 1. The molecule has 0 atom stereocenters. The number of non-ortho nitro benzene ring substituents is 1. The fraction of sp³-hybridized carbons (Fsp3) is 0.609. The second-order valence-electron chi connectivity index (χ2n) is 8.96. The van der Waals surface area contributed by atoms with Crippen molar-refractivity contribution in [1.82, 2.24) is 10.2 Å². The lowest BCUT2D eigenvalue weighted by atomic mass is 9.97. The number of allylic oxidation sites excluding steroid dienone is 1. The van der Waals surface area contributed by atoms with Gasteiger partial charge >= 0.3 is 0 Å². The molecule has 0 aliphatic carbocycles. The molecule has 0 unspecified atom stereocenters. The van der Waals surface area contributed by atoms with Gasteiger partial charge in [0.05, 0.1) is 16.2 Å². The van der Waals surface area contributed by atoms with Gasteiger partial charge in [0.2, 0.25) is 0 Å². The molecule has 7 nitrogen and oxygen atoms in total. The number of nitro benzene ring substituents is 1. The highest BCUT2D eigenvalue weighted by atomic mass is 16.6. The predicted molar refractivity (Wildman–Crippen MR) is 120 cm³/mol. The zero-order valence-corrected chi connectivity index (χ0v) is 18.4. The Bertz CT molecular complexity index is 788. The number of piperidine rings is 2. The molecule has 2 saturated heterocycles. The van der Waals surface area contributed by atoms with Gasteiger partial charge in [-0.05, 0) is 51.5 Å². The van der Waals surface area contributed by atoms with Crippen LogP contribution < -0.4 is 10.2 Å². The van der Waals surface area contributed by atoms with Crippen molar-refractivity contribution in [2.75, 3.05) is 37.6 Å². The number of carbonyl (C=O) groups excluding carboxylic acids is 1. The molecular formula is C23H34N4O3. The summed E-state index contributed by atoms with van der Waals surface area (Å²) in [5.74, 6) is 0.475. The lowest BCUT2D eigenvalue weighted by Gasteiger charge is -2.34. The quantitative estimate of drug-likeness (QED) is 0.433. The third kappa shape index (κ3) is 5.81. The Hall–Kier alpha value is -2.41. The third-order valence-electron chi connectivity index (χ3n) is 6.24. The minimum absolute atomic E-state index is 0.0363. The first-order chi connectivity index (χ1) is 14.3. The van der Waals surface area contributed by atoms with Crippen molar-refractivity contribution < 1.29 is 9.72 Å². The van der Waals surface area contributed by atoms with E-state index in [0.717, 1.165) is 64.1 Å². The van der Waals surface area contributed by atoms with Gasteiger partial charge in [-0.15, -0.1) is 0 Å². The molecule has 7 heteroatoms. The molecule has 0 aromatic heterocycles. The number of benzene rings is 1. The van der Waals surface area contributed by atoms with Crippen molar-refractivity contribution in [3.8, 4) is 0 Å². The number of carbonyl (C=O) groups is 1. The summed E-state index contributed by atoms with van der Waals surface area (Å²) in [6.45, 7) is 11.0. The average Bonchev–Trinajstić information content (AvgIpc) is 2.73.